The van der Waals surface area contributed by atoms with E-state index in [9.17, 15) is 0 Å². The summed E-state index contributed by atoms with van der Waals surface area (Å²) in [5, 5.41) is 0. The third-order valence-corrected chi connectivity index (χ3v) is 3.60. The molecule has 2 aromatic carbocycles. The molecular weight excluding hydrogens is 204 g/mol. The first kappa shape index (κ1) is 10.3. The summed E-state index contributed by atoms with van der Waals surface area (Å²) in [4.78, 5) is 0. The Labute approximate surface area is 103 Å². The van der Waals surface area contributed by atoms with Crippen LogP contribution in [0.5, 0.6) is 0 Å². The van der Waals surface area contributed by atoms with Crippen molar-refractivity contribution < 1.29 is 0 Å². The second kappa shape index (κ2) is 3.89. The Morgan fingerprint density at radius 2 is 1.59 bits per heavy atom. The molecule has 0 saturated heterocycles. The predicted molar refractivity (Wildman–Crippen MR) is 73.2 cm³/mol. The van der Waals surface area contributed by atoms with Crippen molar-refractivity contribution >= 4 is 5.57 Å². The van der Waals surface area contributed by atoms with Crippen LogP contribution in [0.25, 0.3) is 5.57 Å². The van der Waals surface area contributed by atoms with E-state index in [2.05, 4.69) is 56.0 Å². The normalized spacial score (nSPS) is 13.8. The molecule has 0 spiro atoms. The summed E-state index contributed by atoms with van der Waals surface area (Å²) in [5.41, 5.74) is 7.98. The summed E-state index contributed by atoms with van der Waals surface area (Å²) in [6.45, 7) is 6.44. The minimum Gasteiger partial charge on any atom is -0.0905 e. The molecule has 0 saturated carbocycles. The Bertz CT molecular complexity index is 591. The fourth-order valence-electron chi connectivity index (χ4n) is 2.64. The second-order valence-corrected chi connectivity index (χ2v) is 4.80. The maximum atomic E-state index is 4.30. The fourth-order valence-corrected chi connectivity index (χ4v) is 2.64. The van der Waals surface area contributed by atoms with E-state index in [1.54, 1.807) is 0 Å². The van der Waals surface area contributed by atoms with Gasteiger partial charge in [0.25, 0.3) is 0 Å². The van der Waals surface area contributed by atoms with E-state index in [0.717, 1.165) is 12.8 Å². The van der Waals surface area contributed by atoms with Crippen LogP contribution in [0.4, 0.5) is 0 Å². The van der Waals surface area contributed by atoms with Crippen molar-refractivity contribution in [1.29, 1.82) is 0 Å². The predicted octanol–water partition coefficient (Wildman–Crippen LogP) is 4.16. The monoisotopic (exact) mass is 220 g/mol. The Hall–Kier alpha value is -1.82. The third kappa shape index (κ3) is 1.70. The number of fused-ring (bicyclic) bond motifs is 2. The molecule has 2 aromatic rings. The van der Waals surface area contributed by atoms with Gasteiger partial charge in [-0.1, -0.05) is 54.6 Å². The Morgan fingerprint density at radius 1 is 0.882 bits per heavy atom. The molecule has 0 aliphatic heterocycles. The summed E-state index contributed by atoms with van der Waals surface area (Å²) in [5.74, 6) is 0. The molecule has 0 aromatic heterocycles. The van der Waals surface area contributed by atoms with Crippen molar-refractivity contribution in [3.05, 3.63) is 76.9 Å². The maximum absolute atomic E-state index is 4.30. The van der Waals surface area contributed by atoms with E-state index in [4.69, 9.17) is 0 Å². The third-order valence-electron chi connectivity index (χ3n) is 3.60. The van der Waals surface area contributed by atoms with Crippen LogP contribution in [0.15, 0.2) is 49.0 Å². The van der Waals surface area contributed by atoms with Crippen LogP contribution in [-0.2, 0) is 12.8 Å². The zero-order valence-corrected chi connectivity index (χ0v) is 10.2. The minimum absolute atomic E-state index is 1.12. The van der Waals surface area contributed by atoms with E-state index in [0.29, 0.717) is 0 Å². The lowest BCUT2D eigenvalue weighted by Gasteiger charge is -2.10. The van der Waals surface area contributed by atoms with Crippen molar-refractivity contribution in [2.75, 3.05) is 0 Å². The van der Waals surface area contributed by atoms with Gasteiger partial charge >= 0.3 is 0 Å². The van der Waals surface area contributed by atoms with Crippen LogP contribution in [0, 0.1) is 6.92 Å². The fraction of sp³-hybridized carbons (Fsp3) is 0.176. The molecule has 0 heterocycles. The SMILES string of the molecule is C=C1c2ccccc2CCc2ccc(C)cc21. The van der Waals surface area contributed by atoms with Crippen molar-refractivity contribution in [3.8, 4) is 0 Å². The van der Waals surface area contributed by atoms with E-state index >= 15 is 0 Å². The van der Waals surface area contributed by atoms with E-state index in [-0.39, 0.29) is 0 Å². The van der Waals surface area contributed by atoms with Crippen molar-refractivity contribution in [2.24, 2.45) is 0 Å². The summed E-state index contributed by atoms with van der Waals surface area (Å²) >= 11 is 0. The van der Waals surface area contributed by atoms with Gasteiger partial charge in [0, 0.05) is 0 Å². The van der Waals surface area contributed by atoms with Crippen molar-refractivity contribution in [3.63, 3.8) is 0 Å². The van der Waals surface area contributed by atoms with Crippen LogP contribution in [0.2, 0.25) is 0 Å². The summed E-state index contributed by atoms with van der Waals surface area (Å²) < 4.78 is 0. The maximum Gasteiger partial charge on any atom is -0.0149 e. The first-order chi connectivity index (χ1) is 8.25. The molecule has 0 radical (unpaired) electrons. The Balaban J connectivity index is 2.22. The van der Waals surface area contributed by atoms with Crippen molar-refractivity contribution in [1.82, 2.24) is 0 Å². The lowest BCUT2D eigenvalue weighted by atomic mass is 9.94. The van der Waals surface area contributed by atoms with Crippen LogP contribution in [0.1, 0.15) is 27.8 Å². The molecule has 1 aliphatic carbocycles. The molecule has 0 heteroatoms. The highest BCUT2D eigenvalue weighted by molar-refractivity contribution is 5.82. The lowest BCUT2D eigenvalue weighted by molar-refractivity contribution is 0.964. The molecule has 0 N–H and O–H groups in total. The van der Waals surface area contributed by atoms with Crippen LogP contribution < -0.4 is 0 Å². The van der Waals surface area contributed by atoms with E-state index in [1.807, 2.05) is 0 Å². The van der Waals surface area contributed by atoms with Gasteiger partial charge in [-0.05, 0) is 47.6 Å². The van der Waals surface area contributed by atoms with Crippen LogP contribution in [-0.4, -0.2) is 0 Å². The zero-order valence-electron chi connectivity index (χ0n) is 10.2. The second-order valence-electron chi connectivity index (χ2n) is 4.80. The van der Waals surface area contributed by atoms with Gasteiger partial charge in [0.2, 0.25) is 0 Å². The molecule has 0 atom stereocenters. The highest BCUT2D eigenvalue weighted by atomic mass is 14.2. The van der Waals surface area contributed by atoms with Gasteiger partial charge in [-0.3, -0.25) is 0 Å². The summed E-state index contributed by atoms with van der Waals surface area (Å²) in [6.07, 6.45) is 2.23. The molecule has 17 heavy (non-hydrogen) atoms. The molecule has 0 amide bonds. The number of hydrogen-bond donors (Lipinski definition) is 0. The molecule has 0 fully saturated rings. The Morgan fingerprint density at radius 3 is 2.41 bits per heavy atom. The van der Waals surface area contributed by atoms with E-state index in [1.165, 1.54) is 33.4 Å². The zero-order chi connectivity index (χ0) is 11.8. The summed E-state index contributed by atoms with van der Waals surface area (Å²) in [7, 11) is 0. The smallest absolute Gasteiger partial charge is 0.0149 e. The Kier molecular flexibility index (Phi) is 2.36. The average molecular weight is 220 g/mol. The number of rotatable bonds is 0. The molecule has 0 nitrogen and oxygen atoms in total. The first-order valence-electron chi connectivity index (χ1n) is 6.13. The standard InChI is InChI=1S/C17H16/c1-12-7-8-15-10-9-14-5-3-4-6-16(14)13(2)17(15)11-12/h3-8,11H,2,9-10H2,1H3. The van der Waals surface area contributed by atoms with Gasteiger partial charge in [0.05, 0.1) is 0 Å². The van der Waals surface area contributed by atoms with Gasteiger partial charge < -0.3 is 0 Å². The van der Waals surface area contributed by atoms with Gasteiger partial charge in [0.1, 0.15) is 0 Å². The molecular formula is C17H16. The van der Waals surface area contributed by atoms with Crippen LogP contribution in [0.3, 0.4) is 0 Å². The minimum atomic E-state index is 1.12. The van der Waals surface area contributed by atoms with Gasteiger partial charge in [-0.25, -0.2) is 0 Å². The highest BCUT2D eigenvalue weighted by Crippen LogP contribution is 2.32. The molecule has 84 valence electrons. The highest BCUT2D eigenvalue weighted by Gasteiger charge is 2.15. The molecule has 3 rings (SSSR count). The first-order valence-corrected chi connectivity index (χ1v) is 6.13. The van der Waals surface area contributed by atoms with Gasteiger partial charge in [-0.2, -0.15) is 0 Å². The molecule has 0 bridgehead atoms. The lowest BCUT2D eigenvalue weighted by Crippen LogP contribution is -1.91. The summed E-state index contributed by atoms with van der Waals surface area (Å²) in [6, 6.07) is 15.3. The number of hydrogen-bond acceptors (Lipinski definition) is 0. The average Bonchev–Trinajstić information content (AvgIpc) is 2.49. The van der Waals surface area contributed by atoms with Crippen molar-refractivity contribution in [2.45, 2.75) is 19.8 Å². The van der Waals surface area contributed by atoms with Gasteiger partial charge in [-0.15, -0.1) is 0 Å². The van der Waals surface area contributed by atoms with Gasteiger partial charge in [0.15, 0.2) is 0 Å². The quantitative estimate of drug-likeness (QED) is 0.625. The largest absolute Gasteiger partial charge is 0.0905 e. The number of aryl methyl sites for hydroxylation is 3. The molecule has 0 unspecified atom stereocenters. The molecule has 1 aliphatic rings. The topological polar surface area (TPSA) is 0 Å². The van der Waals surface area contributed by atoms with E-state index < -0.39 is 0 Å². The van der Waals surface area contributed by atoms with Crippen LogP contribution >= 0.6 is 0 Å². The number of benzene rings is 2.